The van der Waals surface area contributed by atoms with E-state index in [1.807, 2.05) is 0 Å². The van der Waals surface area contributed by atoms with Gasteiger partial charge in [0, 0.05) is 26.1 Å². The third-order valence-corrected chi connectivity index (χ3v) is 9.11. The van der Waals surface area contributed by atoms with Crippen LogP contribution >= 0.6 is 0 Å². The Morgan fingerprint density at radius 1 is 0.939 bits per heavy atom. The minimum Gasteiger partial charge on any atom is -0.326 e. The Kier molecular flexibility index (Phi) is 6.50. The summed E-state index contributed by atoms with van der Waals surface area (Å²) in [5.41, 5.74) is 5.38. The van der Waals surface area contributed by atoms with Crippen molar-refractivity contribution in [2.75, 3.05) is 18.9 Å². The smallest absolute Gasteiger partial charge is 0.253 e. The molecular weight excluding hydrogens is 444 g/mol. The quantitative estimate of drug-likeness (QED) is 0.519. The molecular formula is C23H32N4O5S. The number of benzene rings is 1. The molecule has 0 aliphatic heterocycles. The molecule has 4 bridgehead atoms. The molecule has 4 aliphatic rings. The Hall–Kier alpha value is -2.46. The van der Waals surface area contributed by atoms with Gasteiger partial charge in [0.25, 0.3) is 5.91 Å². The van der Waals surface area contributed by atoms with Crippen molar-refractivity contribution in [2.45, 2.75) is 56.8 Å². The first kappa shape index (κ1) is 23.7. The predicted molar refractivity (Wildman–Crippen MR) is 122 cm³/mol. The first-order valence-corrected chi connectivity index (χ1v) is 12.9. The van der Waals surface area contributed by atoms with Crippen molar-refractivity contribution in [3.05, 3.63) is 24.3 Å². The summed E-state index contributed by atoms with van der Waals surface area (Å²) in [5.74, 6) is 1.13. The third kappa shape index (κ3) is 5.38. The fourth-order valence-corrected chi connectivity index (χ4v) is 7.58. The number of hydrazine groups is 1. The molecule has 0 atom stereocenters. The first-order chi connectivity index (χ1) is 15.5. The van der Waals surface area contributed by atoms with E-state index in [0.29, 0.717) is 12.1 Å². The fourth-order valence-electron chi connectivity index (χ4n) is 6.45. The second-order valence-corrected chi connectivity index (χ2v) is 12.2. The highest BCUT2D eigenvalue weighted by atomic mass is 32.2. The number of carbonyl (C=O) groups excluding carboxylic acids is 3. The Bertz CT molecular complexity index is 1000. The SMILES string of the molecule is CC(=O)Nc1ccc(S(=O)(=O)N(C)CC(=O)NNC(=O)CC23CC4CC(CC(C4)C2)C3)cc1. The molecule has 0 unspecified atom stereocenters. The van der Waals surface area contributed by atoms with Crippen LogP contribution in [0.25, 0.3) is 0 Å². The second kappa shape index (κ2) is 9.06. The minimum atomic E-state index is -3.91. The Morgan fingerprint density at radius 3 is 1.97 bits per heavy atom. The van der Waals surface area contributed by atoms with Crippen molar-refractivity contribution in [1.29, 1.82) is 0 Å². The summed E-state index contributed by atoms with van der Waals surface area (Å²) in [4.78, 5) is 36.0. The lowest BCUT2D eigenvalue weighted by Crippen LogP contribution is -2.51. The van der Waals surface area contributed by atoms with Gasteiger partial charge in [0.05, 0.1) is 11.4 Å². The van der Waals surface area contributed by atoms with Gasteiger partial charge in [0.1, 0.15) is 0 Å². The lowest BCUT2D eigenvalue weighted by atomic mass is 9.49. The summed E-state index contributed by atoms with van der Waals surface area (Å²) in [6, 6.07) is 5.68. The van der Waals surface area contributed by atoms with Crippen LogP contribution < -0.4 is 16.2 Å². The van der Waals surface area contributed by atoms with Gasteiger partial charge >= 0.3 is 0 Å². The molecule has 0 aromatic heterocycles. The molecule has 4 fully saturated rings. The summed E-state index contributed by atoms with van der Waals surface area (Å²) in [6.45, 7) is 0.923. The van der Waals surface area contributed by atoms with Gasteiger partial charge in [-0.1, -0.05) is 0 Å². The third-order valence-electron chi connectivity index (χ3n) is 7.29. The molecule has 3 amide bonds. The van der Waals surface area contributed by atoms with Crippen LogP contribution in [-0.2, 0) is 24.4 Å². The average Bonchev–Trinajstić information content (AvgIpc) is 2.71. The maximum absolute atomic E-state index is 12.7. The maximum atomic E-state index is 12.7. The van der Waals surface area contributed by atoms with Crippen LogP contribution in [0, 0.1) is 23.2 Å². The highest BCUT2D eigenvalue weighted by molar-refractivity contribution is 7.89. The van der Waals surface area contributed by atoms with Crippen molar-refractivity contribution in [3.63, 3.8) is 0 Å². The van der Waals surface area contributed by atoms with Crippen LogP contribution in [-0.4, -0.2) is 44.0 Å². The fraction of sp³-hybridized carbons (Fsp3) is 0.609. The van der Waals surface area contributed by atoms with Gasteiger partial charge in [-0.2, -0.15) is 4.31 Å². The van der Waals surface area contributed by atoms with Gasteiger partial charge in [0.15, 0.2) is 0 Å². The van der Waals surface area contributed by atoms with Crippen LogP contribution in [0.5, 0.6) is 0 Å². The van der Waals surface area contributed by atoms with E-state index in [4.69, 9.17) is 0 Å². The van der Waals surface area contributed by atoms with E-state index in [1.165, 1.54) is 57.5 Å². The number of rotatable bonds is 7. The standard InChI is InChI=1S/C23H32N4O5S/c1-15(28)24-19-3-5-20(6-4-19)33(31,32)27(2)14-22(30)26-25-21(29)13-23-10-16-7-17(11-23)9-18(8-16)12-23/h3-6,16-18H,7-14H2,1-2H3,(H,24,28)(H,25,29)(H,26,30). The molecule has 1 aromatic rings. The highest BCUT2D eigenvalue weighted by Gasteiger charge is 2.51. The van der Waals surface area contributed by atoms with Crippen molar-refractivity contribution in [2.24, 2.45) is 23.2 Å². The van der Waals surface area contributed by atoms with Crippen molar-refractivity contribution >= 4 is 33.4 Å². The van der Waals surface area contributed by atoms with Crippen LogP contribution in [0.15, 0.2) is 29.2 Å². The molecule has 3 N–H and O–H groups in total. The number of hydrogen-bond donors (Lipinski definition) is 3. The minimum absolute atomic E-state index is 0.00208. The number of anilines is 1. The molecule has 0 radical (unpaired) electrons. The number of nitrogens with one attached hydrogen (secondary N) is 3. The van der Waals surface area contributed by atoms with Crippen LogP contribution in [0.1, 0.15) is 51.9 Å². The molecule has 0 spiro atoms. The zero-order valence-electron chi connectivity index (χ0n) is 19.1. The van der Waals surface area contributed by atoms with E-state index in [0.717, 1.165) is 41.3 Å². The second-order valence-electron chi connectivity index (χ2n) is 10.2. The van der Waals surface area contributed by atoms with Gasteiger partial charge < -0.3 is 5.32 Å². The monoisotopic (exact) mass is 476 g/mol. The zero-order valence-corrected chi connectivity index (χ0v) is 19.9. The number of carbonyl (C=O) groups is 3. The van der Waals surface area contributed by atoms with Crippen molar-refractivity contribution in [3.8, 4) is 0 Å². The molecule has 33 heavy (non-hydrogen) atoms. The number of amides is 3. The Balaban J connectivity index is 1.27. The largest absolute Gasteiger partial charge is 0.326 e. The van der Waals surface area contributed by atoms with Gasteiger partial charge in [-0.15, -0.1) is 0 Å². The van der Waals surface area contributed by atoms with Gasteiger partial charge in [-0.05, 0) is 86.0 Å². The normalized spacial score (nSPS) is 27.9. The first-order valence-electron chi connectivity index (χ1n) is 11.5. The molecule has 4 aliphatic carbocycles. The summed E-state index contributed by atoms with van der Waals surface area (Å²) >= 11 is 0. The molecule has 5 rings (SSSR count). The average molecular weight is 477 g/mol. The van der Waals surface area contributed by atoms with Crippen LogP contribution in [0.2, 0.25) is 0 Å². The van der Waals surface area contributed by atoms with Gasteiger partial charge in [0.2, 0.25) is 21.8 Å². The van der Waals surface area contributed by atoms with E-state index in [2.05, 4.69) is 16.2 Å². The summed E-state index contributed by atoms with van der Waals surface area (Å²) < 4.78 is 26.4. The molecule has 1 aromatic carbocycles. The van der Waals surface area contributed by atoms with E-state index < -0.39 is 22.5 Å². The molecule has 10 heteroatoms. The Morgan fingerprint density at radius 2 is 1.45 bits per heavy atom. The van der Waals surface area contributed by atoms with E-state index in [1.54, 1.807) is 0 Å². The topological polar surface area (TPSA) is 125 Å². The maximum Gasteiger partial charge on any atom is 0.253 e. The molecule has 0 heterocycles. The molecule has 0 saturated heterocycles. The predicted octanol–water partition coefficient (Wildman–Crippen LogP) is 2.02. The lowest BCUT2D eigenvalue weighted by Gasteiger charge is -2.56. The van der Waals surface area contributed by atoms with Crippen molar-refractivity contribution < 1.29 is 22.8 Å². The summed E-state index contributed by atoms with van der Waals surface area (Å²) in [5, 5.41) is 2.57. The van der Waals surface area contributed by atoms with E-state index in [9.17, 15) is 22.8 Å². The van der Waals surface area contributed by atoms with E-state index >= 15 is 0 Å². The number of nitrogens with zero attached hydrogens (tertiary/aromatic N) is 1. The number of sulfonamides is 1. The Labute approximate surface area is 194 Å². The highest BCUT2D eigenvalue weighted by Crippen LogP contribution is 2.61. The van der Waals surface area contributed by atoms with Gasteiger partial charge in [-0.3, -0.25) is 25.2 Å². The summed E-state index contributed by atoms with van der Waals surface area (Å²) in [7, 11) is -2.61. The summed E-state index contributed by atoms with van der Waals surface area (Å²) in [6.07, 6.45) is 7.61. The number of likely N-dealkylation sites (N-methyl/N-ethyl adjacent to an activating group) is 1. The molecule has 180 valence electrons. The molecule has 4 saturated carbocycles. The van der Waals surface area contributed by atoms with Gasteiger partial charge in [-0.25, -0.2) is 8.42 Å². The lowest BCUT2D eigenvalue weighted by molar-refractivity contribution is -0.134. The molecule has 9 nitrogen and oxygen atoms in total. The van der Waals surface area contributed by atoms with E-state index in [-0.39, 0.29) is 22.1 Å². The van der Waals surface area contributed by atoms with Crippen molar-refractivity contribution in [1.82, 2.24) is 15.2 Å². The van der Waals surface area contributed by atoms with Crippen LogP contribution in [0.4, 0.5) is 5.69 Å². The number of hydrogen-bond acceptors (Lipinski definition) is 5. The van der Waals surface area contributed by atoms with Crippen LogP contribution in [0.3, 0.4) is 0 Å². The zero-order chi connectivity index (χ0) is 23.8.